The van der Waals surface area contributed by atoms with Crippen molar-refractivity contribution in [3.63, 3.8) is 0 Å². The second kappa shape index (κ2) is 6.64. The van der Waals surface area contributed by atoms with Crippen LogP contribution in [0.15, 0.2) is 35.0 Å². The lowest BCUT2D eigenvalue weighted by Crippen LogP contribution is -2.45. The second-order valence-corrected chi connectivity index (χ2v) is 7.08. The Hall–Kier alpha value is -2.54. The number of oxazole rings is 1. The molecule has 0 atom stereocenters. The third kappa shape index (κ3) is 3.14. The molecule has 1 aromatic carbocycles. The lowest BCUT2D eigenvalue weighted by Gasteiger charge is -2.35. The van der Waals surface area contributed by atoms with Gasteiger partial charge in [-0.25, -0.2) is 0 Å². The average molecular weight is 374 g/mol. The van der Waals surface area contributed by atoms with Crippen molar-refractivity contribution in [3.05, 3.63) is 41.2 Å². The molecule has 1 saturated heterocycles. The lowest BCUT2D eigenvalue weighted by atomic mass is 10.0. The molecule has 1 amide bonds. The Morgan fingerprint density at radius 2 is 2.12 bits per heavy atom. The molecule has 0 unspecified atom stereocenters. The fraction of sp³-hybridized carbons (Fsp3) is 0.389. The van der Waals surface area contributed by atoms with E-state index in [2.05, 4.69) is 15.0 Å². The highest BCUT2D eigenvalue weighted by atomic mass is 35.5. The zero-order valence-electron chi connectivity index (χ0n) is 14.7. The molecule has 0 spiro atoms. The first-order chi connectivity index (χ1) is 12.5. The van der Waals surface area contributed by atoms with E-state index in [1.165, 1.54) is 0 Å². The summed E-state index contributed by atoms with van der Waals surface area (Å²) >= 11 is 6.01. The van der Waals surface area contributed by atoms with Crippen LogP contribution in [-0.4, -0.2) is 51.8 Å². The van der Waals surface area contributed by atoms with Crippen molar-refractivity contribution in [2.75, 3.05) is 25.0 Å². The molecule has 1 aliphatic heterocycles. The molecule has 3 aromatic rings. The van der Waals surface area contributed by atoms with Crippen LogP contribution in [0.2, 0.25) is 5.02 Å². The zero-order chi connectivity index (χ0) is 18.3. The molecule has 1 fully saturated rings. The molecule has 0 bridgehead atoms. The lowest BCUT2D eigenvalue weighted by molar-refractivity contribution is 0.0708. The van der Waals surface area contributed by atoms with Crippen LogP contribution in [0.3, 0.4) is 0 Å². The van der Waals surface area contributed by atoms with E-state index in [0.29, 0.717) is 16.6 Å². The SMILES string of the molecule is CN(C(=O)c1cnn(C)c1)C1CCN(c2nc3cc(Cl)ccc3o2)CC1. The maximum absolute atomic E-state index is 12.6. The summed E-state index contributed by atoms with van der Waals surface area (Å²) in [6.45, 7) is 1.58. The molecule has 2 aromatic heterocycles. The van der Waals surface area contributed by atoms with Gasteiger partial charge < -0.3 is 14.2 Å². The van der Waals surface area contributed by atoms with E-state index in [4.69, 9.17) is 16.0 Å². The molecule has 0 aliphatic carbocycles. The summed E-state index contributed by atoms with van der Waals surface area (Å²) in [4.78, 5) is 21.0. The number of rotatable bonds is 3. The van der Waals surface area contributed by atoms with Crippen LogP contribution >= 0.6 is 11.6 Å². The minimum absolute atomic E-state index is 0.00746. The summed E-state index contributed by atoms with van der Waals surface area (Å²) in [5.41, 5.74) is 2.11. The number of aromatic nitrogens is 3. The minimum Gasteiger partial charge on any atom is -0.423 e. The number of aryl methyl sites for hydroxylation is 1. The van der Waals surface area contributed by atoms with Crippen LogP contribution in [0.1, 0.15) is 23.2 Å². The van der Waals surface area contributed by atoms with E-state index in [9.17, 15) is 4.79 Å². The van der Waals surface area contributed by atoms with Crippen molar-refractivity contribution in [2.45, 2.75) is 18.9 Å². The molecule has 1 aliphatic rings. The number of nitrogens with zero attached hydrogens (tertiary/aromatic N) is 5. The molecule has 3 heterocycles. The van der Waals surface area contributed by atoms with Crippen LogP contribution < -0.4 is 4.90 Å². The summed E-state index contributed by atoms with van der Waals surface area (Å²) in [6, 6.07) is 6.24. The number of carbonyl (C=O) groups excluding carboxylic acids is 1. The third-order valence-electron chi connectivity index (χ3n) is 4.89. The first-order valence-corrected chi connectivity index (χ1v) is 8.96. The number of anilines is 1. The first-order valence-electron chi connectivity index (χ1n) is 8.58. The van der Waals surface area contributed by atoms with Crippen molar-refractivity contribution in [1.82, 2.24) is 19.7 Å². The number of benzene rings is 1. The average Bonchev–Trinajstić information content (AvgIpc) is 3.26. The third-order valence-corrected chi connectivity index (χ3v) is 5.13. The number of halogens is 1. The second-order valence-electron chi connectivity index (χ2n) is 6.65. The Morgan fingerprint density at radius 1 is 1.35 bits per heavy atom. The number of amides is 1. The highest BCUT2D eigenvalue weighted by Gasteiger charge is 2.28. The predicted molar refractivity (Wildman–Crippen MR) is 99.6 cm³/mol. The van der Waals surface area contributed by atoms with Gasteiger partial charge in [-0.05, 0) is 31.0 Å². The minimum atomic E-state index is 0.00746. The quantitative estimate of drug-likeness (QED) is 0.706. The zero-order valence-corrected chi connectivity index (χ0v) is 15.5. The molecule has 4 rings (SSSR count). The normalized spacial score (nSPS) is 15.6. The number of carbonyl (C=O) groups is 1. The Balaban J connectivity index is 1.42. The molecule has 7 nitrogen and oxygen atoms in total. The van der Waals surface area contributed by atoms with Gasteiger partial charge in [0, 0.05) is 44.4 Å². The van der Waals surface area contributed by atoms with E-state index in [-0.39, 0.29) is 11.9 Å². The van der Waals surface area contributed by atoms with Gasteiger partial charge in [0.2, 0.25) is 0 Å². The predicted octanol–water partition coefficient (Wildman–Crippen LogP) is 2.96. The summed E-state index contributed by atoms with van der Waals surface area (Å²) < 4.78 is 7.48. The summed E-state index contributed by atoms with van der Waals surface area (Å²) in [5, 5.41) is 4.72. The smallest absolute Gasteiger partial charge is 0.298 e. The van der Waals surface area contributed by atoms with Gasteiger partial charge in [-0.2, -0.15) is 10.1 Å². The van der Waals surface area contributed by atoms with Gasteiger partial charge in [-0.15, -0.1) is 0 Å². The van der Waals surface area contributed by atoms with Gasteiger partial charge >= 0.3 is 0 Å². The standard InChI is InChI=1S/C18H20ClN5O2/c1-22-11-12(10-20-22)17(25)23(2)14-5-7-24(8-6-14)18-21-15-9-13(19)3-4-16(15)26-18/h3-4,9-11,14H,5-8H2,1-2H3. The Labute approximate surface area is 156 Å². The molecule has 0 N–H and O–H groups in total. The molecular weight excluding hydrogens is 354 g/mol. The monoisotopic (exact) mass is 373 g/mol. The van der Waals surface area contributed by atoms with Crippen molar-refractivity contribution in [3.8, 4) is 0 Å². The molecule has 26 heavy (non-hydrogen) atoms. The number of fused-ring (bicyclic) bond motifs is 1. The van der Waals surface area contributed by atoms with Crippen LogP contribution in [0.4, 0.5) is 6.01 Å². The van der Waals surface area contributed by atoms with Gasteiger partial charge in [0.25, 0.3) is 11.9 Å². The molecular formula is C18H20ClN5O2. The van der Waals surface area contributed by atoms with Crippen LogP contribution in [0.25, 0.3) is 11.1 Å². The van der Waals surface area contributed by atoms with Crippen molar-refractivity contribution >= 4 is 34.6 Å². The maximum atomic E-state index is 12.6. The van der Waals surface area contributed by atoms with Gasteiger partial charge in [0.05, 0.1) is 11.8 Å². The Kier molecular flexibility index (Phi) is 4.32. The highest BCUT2D eigenvalue weighted by molar-refractivity contribution is 6.31. The summed E-state index contributed by atoms with van der Waals surface area (Å²) in [6.07, 6.45) is 5.08. The molecule has 0 radical (unpaired) electrons. The number of piperidine rings is 1. The Bertz CT molecular complexity index is 942. The maximum Gasteiger partial charge on any atom is 0.298 e. The fourth-order valence-electron chi connectivity index (χ4n) is 3.37. The van der Waals surface area contributed by atoms with Gasteiger partial charge in [0.15, 0.2) is 5.58 Å². The number of hydrogen-bond acceptors (Lipinski definition) is 5. The van der Waals surface area contributed by atoms with Crippen LogP contribution in [0, 0.1) is 0 Å². The van der Waals surface area contributed by atoms with Crippen molar-refractivity contribution in [1.29, 1.82) is 0 Å². The van der Waals surface area contributed by atoms with Crippen molar-refractivity contribution in [2.24, 2.45) is 7.05 Å². The number of hydrogen-bond donors (Lipinski definition) is 0. The van der Waals surface area contributed by atoms with E-state index in [1.807, 2.05) is 25.1 Å². The van der Waals surface area contributed by atoms with E-state index in [1.54, 1.807) is 29.2 Å². The highest BCUT2D eigenvalue weighted by Crippen LogP contribution is 2.27. The fourth-order valence-corrected chi connectivity index (χ4v) is 3.54. The first kappa shape index (κ1) is 16.9. The van der Waals surface area contributed by atoms with Crippen LogP contribution in [-0.2, 0) is 7.05 Å². The van der Waals surface area contributed by atoms with E-state index in [0.717, 1.165) is 37.0 Å². The summed E-state index contributed by atoms with van der Waals surface area (Å²) in [7, 11) is 3.67. The van der Waals surface area contributed by atoms with E-state index >= 15 is 0 Å². The summed E-state index contributed by atoms with van der Waals surface area (Å²) in [5.74, 6) is 0.00746. The topological polar surface area (TPSA) is 67.4 Å². The Morgan fingerprint density at radius 3 is 2.81 bits per heavy atom. The van der Waals surface area contributed by atoms with Gasteiger partial charge in [0.1, 0.15) is 5.52 Å². The van der Waals surface area contributed by atoms with Crippen molar-refractivity contribution < 1.29 is 9.21 Å². The van der Waals surface area contributed by atoms with Gasteiger partial charge in [-0.1, -0.05) is 11.6 Å². The molecule has 8 heteroatoms. The molecule has 0 saturated carbocycles. The van der Waals surface area contributed by atoms with E-state index < -0.39 is 0 Å². The largest absolute Gasteiger partial charge is 0.423 e. The molecule has 136 valence electrons. The van der Waals surface area contributed by atoms with Gasteiger partial charge in [-0.3, -0.25) is 9.48 Å². The van der Waals surface area contributed by atoms with Crippen LogP contribution in [0.5, 0.6) is 0 Å².